The summed E-state index contributed by atoms with van der Waals surface area (Å²) in [4.78, 5) is 16.0. The van der Waals surface area contributed by atoms with Crippen LogP contribution < -0.4 is 5.32 Å². The van der Waals surface area contributed by atoms with Gasteiger partial charge in [-0.25, -0.2) is 0 Å². The number of hydrogen-bond acceptors (Lipinski definition) is 4. The first kappa shape index (κ1) is 9.36. The SMILES string of the molecule is O=C1NC(=S)S/C1=C\c1ccccn1. The van der Waals surface area contributed by atoms with Crippen molar-refractivity contribution in [2.45, 2.75) is 0 Å². The van der Waals surface area contributed by atoms with Gasteiger partial charge >= 0.3 is 0 Å². The molecule has 1 aliphatic heterocycles. The van der Waals surface area contributed by atoms with Crippen LogP contribution in [0.25, 0.3) is 6.08 Å². The number of rotatable bonds is 1. The van der Waals surface area contributed by atoms with E-state index in [9.17, 15) is 4.79 Å². The molecule has 0 saturated carbocycles. The second kappa shape index (κ2) is 3.89. The molecule has 2 heterocycles. The Kier molecular flexibility index (Phi) is 2.60. The average molecular weight is 222 g/mol. The summed E-state index contributed by atoms with van der Waals surface area (Å²) in [6, 6.07) is 5.53. The van der Waals surface area contributed by atoms with E-state index < -0.39 is 0 Å². The van der Waals surface area contributed by atoms with Gasteiger partial charge in [0.2, 0.25) is 0 Å². The van der Waals surface area contributed by atoms with Gasteiger partial charge in [0.15, 0.2) is 0 Å². The molecule has 0 radical (unpaired) electrons. The van der Waals surface area contributed by atoms with Crippen LogP contribution in [0.1, 0.15) is 5.69 Å². The molecule has 1 aromatic heterocycles. The topological polar surface area (TPSA) is 42.0 Å². The Morgan fingerprint density at radius 3 is 2.93 bits per heavy atom. The van der Waals surface area contributed by atoms with E-state index >= 15 is 0 Å². The first-order valence-electron chi connectivity index (χ1n) is 3.91. The lowest BCUT2D eigenvalue weighted by molar-refractivity contribution is -0.115. The Morgan fingerprint density at radius 1 is 1.50 bits per heavy atom. The van der Waals surface area contributed by atoms with E-state index in [0.717, 1.165) is 5.69 Å². The van der Waals surface area contributed by atoms with Crippen LogP contribution in [0.3, 0.4) is 0 Å². The highest BCUT2D eigenvalue weighted by molar-refractivity contribution is 8.26. The predicted molar refractivity (Wildman–Crippen MR) is 60.5 cm³/mol. The van der Waals surface area contributed by atoms with Gasteiger partial charge in [-0.05, 0) is 18.2 Å². The molecule has 3 nitrogen and oxygen atoms in total. The minimum atomic E-state index is -0.148. The molecule has 2 rings (SSSR count). The van der Waals surface area contributed by atoms with Crippen LogP contribution >= 0.6 is 24.0 Å². The maximum absolute atomic E-state index is 11.3. The Labute approximate surface area is 90.6 Å². The molecule has 1 fully saturated rings. The third-order valence-corrected chi connectivity index (χ3v) is 2.77. The molecule has 1 saturated heterocycles. The van der Waals surface area contributed by atoms with Crippen LogP contribution in [0.15, 0.2) is 29.3 Å². The highest BCUT2D eigenvalue weighted by Gasteiger charge is 2.21. The lowest BCUT2D eigenvalue weighted by atomic mass is 10.3. The van der Waals surface area contributed by atoms with Crippen LogP contribution in [0.5, 0.6) is 0 Å². The smallest absolute Gasteiger partial charge is 0.263 e. The molecule has 1 amide bonds. The second-order valence-electron chi connectivity index (χ2n) is 2.61. The Hall–Kier alpha value is -1.20. The summed E-state index contributed by atoms with van der Waals surface area (Å²) in [5.74, 6) is -0.148. The summed E-state index contributed by atoms with van der Waals surface area (Å²) in [6.07, 6.45) is 3.40. The molecule has 5 heteroatoms. The minimum Gasteiger partial charge on any atom is -0.307 e. The standard InChI is InChI=1S/C9H6N2OS2/c12-8-7(14-9(13)11-8)5-6-3-1-2-4-10-6/h1-5H,(H,11,12,13)/b7-5-. The van der Waals surface area contributed by atoms with E-state index in [2.05, 4.69) is 10.3 Å². The number of nitrogens with zero attached hydrogens (tertiary/aromatic N) is 1. The van der Waals surface area contributed by atoms with Gasteiger partial charge in [-0.2, -0.15) is 0 Å². The first-order chi connectivity index (χ1) is 6.75. The summed E-state index contributed by atoms with van der Waals surface area (Å²) in [5, 5.41) is 2.55. The van der Waals surface area contributed by atoms with E-state index in [1.54, 1.807) is 12.3 Å². The van der Waals surface area contributed by atoms with Gasteiger partial charge in [0.1, 0.15) is 4.32 Å². The Balaban J connectivity index is 2.28. The molecule has 14 heavy (non-hydrogen) atoms. The molecule has 0 aromatic carbocycles. The third-order valence-electron chi connectivity index (χ3n) is 1.61. The fraction of sp³-hybridized carbons (Fsp3) is 0. The van der Waals surface area contributed by atoms with Gasteiger partial charge in [-0.15, -0.1) is 0 Å². The maximum atomic E-state index is 11.3. The van der Waals surface area contributed by atoms with Gasteiger partial charge in [-0.3, -0.25) is 9.78 Å². The second-order valence-corrected chi connectivity index (χ2v) is 4.33. The van der Waals surface area contributed by atoms with Crippen LogP contribution in [0, 0.1) is 0 Å². The van der Waals surface area contributed by atoms with E-state index in [1.807, 2.05) is 18.2 Å². The minimum absolute atomic E-state index is 0.148. The van der Waals surface area contributed by atoms with Crippen molar-refractivity contribution >= 4 is 40.3 Å². The lowest BCUT2D eigenvalue weighted by Gasteiger charge is -1.92. The van der Waals surface area contributed by atoms with Crippen molar-refractivity contribution in [2.75, 3.05) is 0 Å². The molecule has 0 aliphatic carbocycles. The van der Waals surface area contributed by atoms with E-state index in [-0.39, 0.29) is 5.91 Å². The van der Waals surface area contributed by atoms with E-state index in [4.69, 9.17) is 12.2 Å². The summed E-state index contributed by atoms with van der Waals surface area (Å²) >= 11 is 6.12. The van der Waals surface area contributed by atoms with Crippen molar-refractivity contribution in [2.24, 2.45) is 0 Å². The van der Waals surface area contributed by atoms with Crippen molar-refractivity contribution in [1.29, 1.82) is 0 Å². The van der Waals surface area contributed by atoms with Crippen molar-refractivity contribution in [3.63, 3.8) is 0 Å². The third kappa shape index (κ3) is 2.00. The van der Waals surface area contributed by atoms with Crippen molar-refractivity contribution in [3.8, 4) is 0 Å². The molecule has 0 bridgehead atoms. The molecule has 1 N–H and O–H groups in total. The fourth-order valence-electron chi connectivity index (χ4n) is 1.02. The van der Waals surface area contributed by atoms with Crippen LogP contribution in [-0.4, -0.2) is 15.2 Å². The molecule has 1 aromatic rings. The van der Waals surface area contributed by atoms with Crippen molar-refractivity contribution in [1.82, 2.24) is 10.3 Å². The number of carbonyl (C=O) groups excluding carboxylic acids is 1. The number of nitrogens with one attached hydrogen (secondary N) is 1. The first-order valence-corrected chi connectivity index (χ1v) is 5.14. The molecule has 70 valence electrons. The number of thiocarbonyl (C=S) groups is 1. The molecule has 0 spiro atoms. The van der Waals surface area contributed by atoms with Crippen LogP contribution in [0.4, 0.5) is 0 Å². The predicted octanol–water partition coefficient (Wildman–Crippen LogP) is 1.57. The molecular weight excluding hydrogens is 216 g/mol. The van der Waals surface area contributed by atoms with Gasteiger partial charge in [0.05, 0.1) is 10.6 Å². The molecular formula is C9H6N2OS2. The van der Waals surface area contributed by atoms with Crippen LogP contribution in [0.2, 0.25) is 0 Å². The number of thioether (sulfide) groups is 1. The number of amides is 1. The maximum Gasteiger partial charge on any atom is 0.263 e. The number of aromatic nitrogens is 1. The molecule has 0 atom stereocenters. The zero-order valence-electron chi connectivity index (χ0n) is 7.06. The van der Waals surface area contributed by atoms with Gasteiger partial charge < -0.3 is 5.32 Å². The number of carbonyl (C=O) groups is 1. The zero-order chi connectivity index (χ0) is 9.97. The molecule has 0 unspecified atom stereocenters. The Bertz CT molecular complexity index is 414. The Morgan fingerprint density at radius 2 is 2.36 bits per heavy atom. The lowest BCUT2D eigenvalue weighted by Crippen LogP contribution is -2.17. The highest BCUT2D eigenvalue weighted by atomic mass is 32.2. The summed E-state index contributed by atoms with van der Waals surface area (Å²) in [5.41, 5.74) is 0.759. The van der Waals surface area contributed by atoms with Crippen molar-refractivity contribution in [3.05, 3.63) is 35.0 Å². The largest absolute Gasteiger partial charge is 0.307 e. The van der Waals surface area contributed by atoms with E-state index in [1.165, 1.54) is 11.8 Å². The van der Waals surface area contributed by atoms with Gasteiger partial charge in [0, 0.05) is 6.20 Å². The fourth-order valence-corrected chi connectivity index (χ4v) is 2.05. The van der Waals surface area contributed by atoms with E-state index in [0.29, 0.717) is 9.23 Å². The highest BCUT2D eigenvalue weighted by Crippen LogP contribution is 2.24. The summed E-state index contributed by atoms with van der Waals surface area (Å²) in [6.45, 7) is 0. The van der Waals surface area contributed by atoms with Gasteiger partial charge in [-0.1, -0.05) is 30.0 Å². The monoisotopic (exact) mass is 222 g/mol. The zero-order valence-corrected chi connectivity index (χ0v) is 8.69. The average Bonchev–Trinajstić information content (AvgIpc) is 2.47. The number of hydrogen-bond donors (Lipinski definition) is 1. The molecule has 1 aliphatic rings. The number of pyridine rings is 1. The van der Waals surface area contributed by atoms with Crippen molar-refractivity contribution < 1.29 is 4.79 Å². The summed E-state index contributed by atoms with van der Waals surface area (Å²) < 4.78 is 0.497. The summed E-state index contributed by atoms with van der Waals surface area (Å²) in [7, 11) is 0. The quantitative estimate of drug-likeness (QED) is 0.578. The normalized spacial score (nSPS) is 18.7. The van der Waals surface area contributed by atoms with Gasteiger partial charge in [0.25, 0.3) is 5.91 Å². The van der Waals surface area contributed by atoms with Crippen LogP contribution in [-0.2, 0) is 4.79 Å².